The lowest BCUT2D eigenvalue weighted by Gasteiger charge is -2.41. The number of anilines is 1. The highest BCUT2D eigenvalue weighted by Crippen LogP contribution is 2.46. The highest BCUT2D eigenvalue weighted by atomic mass is 19.1. The average molecular weight is 660 g/mol. The molecular formula is C40H54FN3O4. The van der Waals surface area contributed by atoms with Gasteiger partial charge < -0.3 is 19.5 Å². The molecule has 3 aromatic rings. The molecule has 0 amide bonds. The smallest absolute Gasteiger partial charge is 0.340 e. The van der Waals surface area contributed by atoms with Crippen LogP contribution in [0.2, 0.25) is 0 Å². The van der Waals surface area contributed by atoms with E-state index >= 15 is 0 Å². The Kier molecular flexibility index (Phi) is 10.7. The van der Waals surface area contributed by atoms with E-state index in [2.05, 4.69) is 41.8 Å². The summed E-state index contributed by atoms with van der Waals surface area (Å²) in [6, 6.07) is 11.6. The third-order valence-electron chi connectivity index (χ3n) is 9.64. The Hall–Kier alpha value is -3.33. The summed E-state index contributed by atoms with van der Waals surface area (Å²) in [5.74, 6) is -0.641. The van der Waals surface area contributed by atoms with E-state index < -0.39 is 17.7 Å². The molecule has 0 bridgehead atoms. The number of aromatic nitrogens is 1. The maximum Gasteiger partial charge on any atom is 0.340 e. The number of piperidine rings is 1. The SMILES string of the molecule is Cc1cc(F)ccc1CN1CCc2cc(-c3c(CO)nc(C)c([C@H](OC(C)(C)C)C(=O)OC(C)C)c3N3CCC(C)(C)CC3)ccc2C1. The van der Waals surface area contributed by atoms with Gasteiger partial charge in [-0.3, -0.25) is 9.88 Å². The van der Waals surface area contributed by atoms with Gasteiger partial charge in [-0.15, -0.1) is 0 Å². The lowest BCUT2D eigenvalue weighted by molar-refractivity contribution is -0.171. The van der Waals surface area contributed by atoms with Crippen LogP contribution >= 0.6 is 0 Å². The zero-order chi connectivity index (χ0) is 35.0. The van der Waals surface area contributed by atoms with Crippen molar-refractivity contribution in [3.05, 3.63) is 81.4 Å². The van der Waals surface area contributed by atoms with Gasteiger partial charge in [0.2, 0.25) is 0 Å². The molecule has 5 rings (SSSR count). The van der Waals surface area contributed by atoms with E-state index in [1.54, 1.807) is 6.07 Å². The molecule has 2 aliphatic heterocycles. The number of aryl methyl sites for hydroxylation is 2. The quantitative estimate of drug-likeness (QED) is 0.234. The summed E-state index contributed by atoms with van der Waals surface area (Å²) >= 11 is 0. The summed E-state index contributed by atoms with van der Waals surface area (Å²) in [5, 5.41) is 10.8. The number of carbonyl (C=O) groups is 1. The Morgan fingerprint density at radius 1 is 1.04 bits per heavy atom. The molecule has 0 unspecified atom stereocenters. The number of rotatable bonds is 9. The first-order valence-corrected chi connectivity index (χ1v) is 17.4. The van der Waals surface area contributed by atoms with Crippen LogP contribution < -0.4 is 4.90 Å². The van der Waals surface area contributed by atoms with Crippen molar-refractivity contribution in [1.82, 2.24) is 9.88 Å². The summed E-state index contributed by atoms with van der Waals surface area (Å²) in [7, 11) is 0. The van der Waals surface area contributed by atoms with Crippen molar-refractivity contribution in [1.29, 1.82) is 0 Å². The zero-order valence-corrected chi connectivity index (χ0v) is 30.4. The number of esters is 1. The van der Waals surface area contributed by atoms with Crippen LogP contribution in [0.3, 0.4) is 0 Å². The van der Waals surface area contributed by atoms with Gasteiger partial charge in [-0.05, 0) is 113 Å². The summed E-state index contributed by atoms with van der Waals surface area (Å²) in [6.07, 6.45) is 1.57. The van der Waals surface area contributed by atoms with E-state index in [0.29, 0.717) is 17.0 Å². The van der Waals surface area contributed by atoms with Gasteiger partial charge in [0.1, 0.15) is 5.82 Å². The van der Waals surface area contributed by atoms with Crippen LogP contribution in [-0.4, -0.2) is 52.3 Å². The first-order chi connectivity index (χ1) is 22.5. The summed E-state index contributed by atoms with van der Waals surface area (Å²) in [5.41, 5.74) is 8.89. The standard InChI is InChI=1S/C40H54FN3O4/c1-25(2)47-38(46)37(48-39(5,6)7)34-27(4)42-33(24-45)35(36(34)44-18-15-40(8,9)16-19-44)29-10-11-31-23-43(17-14-28(31)21-29)22-30-12-13-32(41)20-26(30)3/h10-13,20-21,25,37,45H,14-19,22-24H2,1-9H3/t37-/m0/s1. The van der Waals surface area contributed by atoms with Gasteiger partial charge in [0, 0.05) is 49.5 Å². The maximum absolute atomic E-state index is 13.8. The molecule has 2 aliphatic rings. The first-order valence-electron chi connectivity index (χ1n) is 17.4. The number of fused-ring (bicyclic) bond motifs is 1. The molecule has 7 nitrogen and oxygen atoms in total. The van der Waals surface area contributed by atoms with Crippen LogP contribution in [0.15, 0.2) is 36.4 Å². The third-order valence-corrected chi connectivity index (χ3v) is 9.64. The molecule has 0 radical (unpaired) electrons. The molecule has 2 aromatic carbocycles. The molecule has 260 valence electrons. The summed E-state index contributed by atoms with van der Waals surface area (Å²) in [4.78, 5) is 23.6. The molecule has 1 atom stereocenters. The predicted molar refractivity (Wildman–Crippen MR) is 189 cm³/mol. The van der Waals surface area contributed by atoms with Gasteiger partial charge in [-0.1, -0.05) is 38.1 Å². The van der Waals surface area contributed by atoms with Gasteiger partial charge in [0.05, 0.1) is 29.7 Å². The predicted octanol–water partition coefficient (Wildman–Crippen LogP) is 7.99. The lowest BCUT2D eigenvalue weighted by Crippen LogP contribution is -2.39. The topological polar surface area (TPSA) is 75.1 Å². The monoisotopic (exact) mass is 659 g/mol. The molecular weight excluding hydrogens is 605 g/mol. The number of ether oxygens (including phenoxy) is 2. The van der Waals surface area contributed by atoms with Gasteiger partial charge >= 0.3 is 5.97 Å². The minimum Gasteiger partial charge on any atom is -0.461 e. The van der Waals surface area contributed by atoms with Crippen LogP contribution in [-0.2, 0) is 40.4 Å². The fourth-order valence-electron chi connectivity index (χ4n) is 7.01. The second-order valence-electron chi connectivity index (χ2n) is 15.7. The Labute approximate surface area is 286 Å². The molecule has 3 heterocycles. The highest BCUT2D eigenvalue weighted by Gasteiger charge is 2.38. The Morgan fingerprint density at radius 2 is 1.75 bits per heavy atom. The number of aliphatic hydroxyl groups excluding tert-OH is 1. The maximum atomic E-state index is 13.8. The molecule has 0 spiro atoms. The minimum absolute atomic E-state index is 0.204. The number of pyridine rings is 1. The molecule has 8 heteroatoms. The van der Waals surface area contributed by atoms with Crippen LogP contribution in [0, 0.1) is 25.1 Å². The van der Waals surface area contributed by atoms with E-state index in [0.717, 1.165) is 79.9 Å². The van der Waals surface area contributed by atoms with Gasteiger partial charge in [0.15, 0.2) is 6.10 Å². The van der Waals surface area contributed by atoms with Gasteiger partial charge in [-0.2, -0.15) is 0 Å². The van der Waals surface area contributed by atoms with Gasteiger partial charge in [0.25, 0.3) is 0 Å². The molecule has 1 saturated heterocycles. The number of nitrogens with zero attached hydrogens (tertiary/aromatic N) is 3. The number of carbonyl (C=O) groups excluding carboxylic acids is 1. The number of benzene rings is 2. The lowest BCUT2D eigenvalue weighted by atomic mass is 9.81. The number of hydrogen-bond donors (Lipinski definition) is 1. The normalized spacial score (nSPS) is 17.4. The van der Waals surface area contributed by atoms with E-state index in [4.69, 9.17) is 14.5 Å². The van der Waals surface area contributed by atoms with E-state index in [-0.39, 0.29) is 23.9 Å². The van der Waals surface area contributed by atoms with E-state index in [9.17, 15) is 14.3 Å². The Balaban J connectivity index is 1.61. The van der Waals surface area contributed by atoms with Crippen LogP contribution in [0.5, 0.6) is 0 Å². The average Bonchev–Trinajstić information content (AvgIpc) is 3.00. The van der Waals surface area contributed by atoms with E-state index in [1.807, 2.05) is 54.5 Å². The fourth-order valence-corrected chi connectivity index (χ4v) is 7.01. The second-order valence-corrected chi connectivity index (χ2v) is 15.7. The number of aliphatic hydroxyl groups is 1. The number of halogens is 1. The zero-order valence-electron chi connectivity index (χ0n) is 30.4. The van der Waals surface area contributed by atoms with Crippen molar-refractivity contribution in [3.63, 3.8) is 0 Å². The van der Waals surface area contributed by atoms with Crippen molar-refractivity contribution in [2.45, 2.75) is 119 Å². The molecule has 48 heavy (non-hydrogen) atoms. The van der Waals surface area contributed by atoms with Gasteiger partial charge in [-0.25, -0.2) is 9.18 Å². The Morgan fingerprint density at radius 3 is 2.38 bits per heavy atom. The molecule has 1 fully saturated rings. The minimum atomic E-state index is -0.988. The van der Waals surface area contributed by atoms with Crippen molar-refractivity contribution < 1.29 is 23.8 Å². The highest BCUT2D eigenvalue weighted by molar-refractivity contribution is 5.89. The van der Waals surface area contributed by atoms with Crippen LogP contribution in [0.25, 0.3) is 11.1 Å². The van der Waals surface area contributed by atoms with Crippen molar-refractivity contribution in [3.8, 4) is 11.1 Å². The number of hydrogen-bond acceptors (Lipinski definition) is 7. The Bertz CT molecular complexity index is 1630. The van der Waals surface area contributed by atoms with E-state index in [1.165, 1.54) is 17.2 Å². The van der Waals surface area contributed by atoms with Crippen LogP contribution in [0.4, 0.5) is 10.1 Å². The van der Waals surface area contributed by atoms with Crippen molar-refractivity contribution in [2.24, 2.45) is 5.41 Å². The first kappa shape index (κ1) is 36.0. The fraction of sp³-hybridized carbons (Fsp3) is 0.550. The summed E-state index contributed by atoms with van der Waals surface area (Å²) < 4.78 is 26.1. The molecule has 0 saturated carbocycles. The third kappa shape index (κ3) is 8.27. The molecule has 1 aromatic heterocycles. The second kappa shape index (κ2) is 14.3. The van der Waals surface area contributed by atoms with Crippen molar-refractivity contribution >= 4 is 11.7 Å². The molecule has 0 aliphatic carbocycles. The molecule has 1 N–H and O–H groups in total. The van der Waals surface area contributed by atoms with Crippen LogP contribution in [0.1, 0.15) is 107 Å². The summed E-state index contributed by atoms with van der Waals surface area (Å²) in [6.45, 7) is 21.9. The largest absolute Gasteiger partial charge is 0.461 e. The van der Waals surface area contributed by atoms with Crippen molar-refractivity contribution in [2.75, 3.05) is 24.5 Å².